The van der Waals surface area contributed by atoms with Crippen molar-refractivity contribution in [2.24, 2.45) is 7.05 Å². The molecule has 0 radical (unpaired) electrons. The van der Waals surface area contributed by atoms with Crippen LogP contribution < -0.4 is 5.32 Å². The molecule has 0 aliphatic carbocycles. The van der Waals surface area contributed by atoms with Crippen LogP contribution in [0.25, 0.3) is 0 Å². The predicted octanol–water partition coefficient (Wildman–Crippen LogP) is 2.21. The van der Waals surface area contributed by atoms with Crippen LogP contribution >= 0.6 is 11.8 Å². The van der Waals surface area contributed by atoms with Gasteiger partial charge in [-0.3, -0.25) is 4.68 Å². The highest BCUT2D eigenvalue weighted by atomic mass is 32.2. The van der Waals surface area contributed by atoms with Crippen LogP contribution in [0.4, 0.5) is 0 Å². The van der Waals surface area contributed by atoms with Crippen LogP contribution in [0.1, 0.15) is 31.7 Å². The number of hydrogen-bond donors (Lipinski definition) is 1. The molecule has 1 aromatic rings. The Kier molecular flexibility index (Phi) is 5.91. The van der Waals surface area contributed by atoms with Gasteiger partial charge in [-0.1, -0.05) is 6.92 Å². The van der Waals surface area contributed by atoms with Crippen LogP contribution in [0.5, 0.6) is 0 Å². The van der Waals surface area contributed by atoms with E-state index < -0.39 is 0 Å². The first kappa shape index (κ1) is 13.6. The number of nitrogens with zero attached hydrogens (tertiary/aromatic N) is 2. The number of hydrogen-bond acceptors (Lipinski definition) is 3. The molecule has 1 rings (SSSR count). The lowest BCUT2D eigenvalue weighted by Gasteiger charge is -2.12. The van der Waals surface area contributed by atoms with Gasteiger partial charge in [-0.05, 0) is 37.8 Å². The summed E-state index contributed by atoms with van der Waals surface area (Å²) in [4.78, 5) is 0. The highest BCUT2D eigenvalue weighted by Crippen LogP contribution is 2.05. The van der Waals surface area contributed by atoms with Crippen molar-refractivity contribution in [1.82, 2.24) is 15.1 Å². The zero-order valence-corrected chi connectivity index (χ0v) is 11.6. The van der Waals surface area contributed by atoms with E-state index in [0.717, 1.165) is 13.0 Å². The Morgan fingerprint density at radius 2 is 2.31 bits per heavy atom. The standard InChI is InChI=1S/C12H23N3S/c1-5-11-8-12(15(3)14-11)9-13-10(2)6-7-16-4/h8,10,13H,5-7,9H2,1-4H3. The highest BCUT2D eigenvalue weighted by Gasteiger charge is 2.05. The zero-order valence-electron chi connectivity index (χ0n) is 10.8. The van der Waals surface area contributed by atoms with Crippen molar-refractivity contribution >= 4 is 11.8 Å². The third-order valence-electron chi connectivity index (χ3n) is 2.78. The normalized spacial score (nSPS) is 13.0. The Balaban J connectivity index is 2.38. The molecule has 1 unspecified atom stereocenters. The fourth-order valence-electron chi connectivity index (χ4n) is 1.59. The second-order valence-electron chi connectivity index (χ2n) is 4.17. The smallest absolute Gasteiger partial charge is 0.0625 e. The molecule has 0 aliphatic heterocycles. The summed E-state index contributed by atoms with van der Waals surface area (Å²) in [5, 5.41) is 7.98. The van der Waals surface area contributed by atoms with Gasteiger partial charge < -0.3 is 5.32 Å². The van der Waals surface area contributed by atoms with Crippen molar-refractivity contribution < 1.29 is 0 Å². The minimum Gasteiger partial charge on any atom is -0.309 e. The maximum atomic E-state index is 4.44. The number of aryl methyl sites for hydroxylation is 2. The first-order valence-electron chi connectivity index (χ1n) is 5.91. The van der Waals surface area contributed by atoms with E-state index in [2.05, 4.69) is 36.6 Å². The molecular weight excluding hydrogens is 218 g/mol. The quantitative estimate of drug-likeness (QED) is 0.794. The third kappa shape index (κ3) is 4.18. The lowest BCUT2D eigenvalue weighted by molar-refractivity contribution is 0.519. The lowest BCUT2D eigenvalue weighted by Crippen LogP contribution is -2.26. The molecule has 1 heterocycles. The van der Waals surface area contributed by atoms with Crippen molar-refractivity contribution in [2.75, 3.05) is 12.0 Å². The van der Waals surface area contributed by atoms with Crippen molar-refractivity contribution in [3.63, 3.8) is 0 Å². The third-order valence-corrected chi connectivity index (χ3v) is 3.42. The van der Waals surface area contributed by atoms with Crippen molar-refractivity contribution in [1.29, 1.82) is 0 Å². The second-order valence-corrected chi connectivity index (χ2v) is 5.15. The van der Waals surface area contributed by atoms with Crippen LogP contribution in [0.15, 0.2) is 6.07 Å². The van der Waals surface area contributed by atoms with Crippen molar-refractivity contribution in [3.05, 3.63) is 17.5 Å². The number of thioether (sulfide) groups is 1. The Hall–Kier alpha value is -0.480. The van der Waals surface area contributed by atoms with E-state index in [1.807, 2.05) is 23.5 Å². The van der Waals surface area contributed by atoms with Gasteiger partial charge in [0.2, 0.25) is 0 Å². The van der Waals surface area contributed by atoms with Gasteiger partial charge in [0.05, 0.1) is 11.4 Å². The molecule has 0 bridgehead atoms. The number of aromatic nitrogens is 2. The summed E-state index contributed by atoms with van der Waals surface area (Å²) in [5.74, 6) is 1.22. The molecule has 1 N–H and O–H groups in total. The zero-order chi connectivity index (χ0) is 12.0. The number of nitrogens with one attached hydrogen (secondary N) is 1. The molecule has 4 heteroatoms. The topological polar surface area (TPSA) is 29.9 Å². The van der Waals surface area contributed by atoms with Crippen LogP contribution in [-0.2, 0) is 20.0 Å². The Bertz CT molecular complexity index is 309. The molecule has 0 fully saturated rings. The molecule has 0 spiro atoms. The summed E-state index contributed by atoms with van der Waals surface area (Å²) < 4.78 is 1.98. The summed E-state index contributed by atoms with van der Waals surface area (Å²) in [7, 11) is 2.02. The van der Waals surface area contributed by atoms with E-state index in [1.165, 1.54) is 23.6 Å². The van der Waals surface area contributed by atoms with Gasteiger partial charge in [-0.25, -0.2) is 0 Å². The minimum atomic E-state index is 0.576. The number of rotatable bonds is 7. The summed E-state index contributed by atoms with van der Waals surface area (Å²) in [6, 6.07) is 2.77. The van der Waals surface area contributed by atoms with Gasteiger partial charge >= 0.3 is 0 Å². The van der Waals surface area contributed by atoms with Crippen LogP contribution in [0.2, 0.25) is 0 Å². The summed E-state index contributed by atoms with van der Waals surface area (Å²) in [6.07, 6.45) is 4.39. The van der Waals surface area contributed by atoms with Gasteiger partial charge in [-0.2, -0.15) is 16.9 Å². The summed E-state index contributed by atoms with van der Waals surface area (Å²) >= 11 is 1.90. The molecule has 1 atom stereocenters. The monoisotopic (exact) mass is 241 g/mol. The van der Waals surface area contributed by atoms with E-state index in [0.29, 0.717) is 6.04 Å². The highest BCUT2D eigenvalue weighted by molar-refractivity contribution is 7.98. The first-order valence-corrected chi connectivity index (χ1v) is 7.30. The van der Waals surface area contributed by atoms with Crippen molar-refractivity contribution in [2.45, 2.75) is 39.3 Å². The molecule has 0 saturated carbocycles. The molecule has 1 aromatic heterocycles. The Morgan fingerprint density at radius 3 is 2.88 bits per heavy atom. The fourth-order valence-corrected chi connectivity index (χ4v) is 2.17. The van der Waals surface area contributed by atoms with E-state index in [1.54, 1.807) is 0 Å². The SMILES string of the molecule is CCc1cc(CNC(C)CCSC)n(C)n1. The van der Waals surface area contributed by atoms with Crippen LogP contribution in [0.3, 0.4) is 0 Å². The van der Waals surface area contributed by atoms with E-state index in [4.69, 9.17) is 0 Å². The largest absolute Gasteiger partial charge is 0.309 e. The van der Waals surface area contributed by atoms with Gasteiger partial charge in [-0.15, -0.1) is 0 Å². The first-order chi connectivity index (χ1) is 7.67. The van der Waals surface area contributed by atoms with Gasteiger partial charge in [0.1, 0.15) is 0 Å². The lowest BCUT2D eigenvalue weighted by atomic mass is 10.2. The fraction of sp³-hybridized carbons (Fsp3) is 0.750. The molecule has 0 amide bonds. The average molecular weight is 241 g/mol. The van der Waals surface area contributed by atoms with E-state index in [-0.39, 0.29) is 0 Å². The molecule has 92 valence electrons. The Morgan fingerprint density at radius 1 is 1.56 bits per heavy atom. The molecular formula is C12H23N3S. The van der Waals surface area contributed by atoms with E-state index >= 15 is 0 Å². The van der Waals surface area contributed by atoms with E-state index in [9.17, 15) is 0 Å². The van der Waals surface area contributed by atoms with Crippen LogP contribution in [-0.4, -0.2) is 27.8 Å². The second kappa shape index (κ2) is 6.97. The molecule has 3 nitrogen and oxygen atoms in total. The van der Waals surface area contributed by atoms with Gasteiger partial charge in [0, 0.05) is 19.6 Å². The summed E-state index contributed by atoms with van der Waals surface area (Å²) in [6.45, 7) is 5.30. The average Bonchev–Trinajstić information content (AvgIpc) is 2.64. The summed E-state index contributed by atoms with van der Waals surface area (Å²) in [5.41, 5.74) is 2.45. The van der Waals surface area contributed by atoms with Gasteiger partial charge in [0.15, 0.2) is 0 Å². The molecule has 0 aromatic carbocycles. The van der Waals surface area contributed by atoms with Crippen LogP contribution in [0, 0.1) is 0 Å². The molecule has 16 heavy (non-hydrogen) atoms. The maximum Gasteiger partial charge on any atom is 0.0625 e. The minimum absolute atomic E-state index is 0.576. The van der Waals surface area contributed by atoms with Gasteiger partial charge in [0.25, 0.3) is 0 Å². The Labute approximate surface area is 103 Å². The maximum absolute atomic E-state index is 4.44. The molecule has 0 saturated heterocycles. The molecule has 0 aliphatic rings. The predicted molar refractivity (Wildman–Crippen MR) is 71.9 cm³/mol. The van der Waals surface area contributed by atoms with Crippen molar-refractivity contribution in [3.8, 4) is 0 Å².